The number of aryl methyl sites for hydroxylation is 1. The molecule has 1 aromatic rings. The maximum Gasteiger partial charge on any atom is 0.407 e. The van der Waals surface area contributed by atoms with Crippen LogP contribution in [0.3, 0.4) is 0 Å². The zero-order valence-electron chi connectivity index (χ0n) is 14.8. The molecule has 6 nitrogen and oxygen atoms in total. The lowest BCUT2D eigenvalue weighted by atomic mass is 9.97. The lowest BCUT2D eigenvalue weighted by molar-refractivity contribution is 0.0509. The van der Waals surface area contributed by atoms with Gasteiger partial charge in [0.05, 0.1) is 5.69 Å². The summed E-state index contributed by atoms with van der Waals surface area (Å²) in [6, 6.07) is 2.04. The van der Waals surface area contributed by atoms with E-state index in [9.17, 15) is 4.79 Å². The summed E-state index contributed by atoms with van der Waals surface area (Å²) in [7, 11) is 0. The van der Waals surface area contributed by atoms with Crippen molar-refractivity contribution in [3.05, 3.63) is 18.0 Å². The summed E-state index contributed by atoms with van der Waals surface area (Å²) in [6.07, 6.45) is 6.02. The smallest absolute Gasteiger partial charge is 0.407 e. The predicted molar refractivity (Wildman–Crippen MR) is 90.2 cm³/mol. The van der Waals surface area contributed by atoms with Gasteiger partial charge < -0.3 is 15.4 Å². The summed E-state index contributed by atoms with van der Waals surface area (Å²) < 4.78 is 7.33. The van der Waals surface area contributed by atoms with E-state index in [0.717, 1.165) is 25.9 Å². The van der Waals surface area contributed by atoms with E-state index < -0.39 is 5.60 Å². The van der Waals surface area contributed by atoms with E-state index in [2.05, 4.69) is 22.7 Å². The normalized spacial score (nSPS) is 17.2. The lowest BCUT2D eigenvalue weighted by Gasteiger charge is -2.31. The summed E-state index contributed by atoms with van der Waals surface area (Å²) in [4.78, 5) is 11.9. The van der Waals surface area contributed by atoms with Crippen LogP contribution in [0.25, 0.3) is 0 Å². The fraction of sp³-hybridized carbons (Fsp3) is 0.765. The average molecular weight is 322 g/mol. The summed E-state index contributed by atoms with van der Waals surface area (Å²) in [5.41, 5.74) is 0.671. The molecule has 6 heteroatoms. The van der Waals surface area contributed by atoms with Crippen molar-refractivity contribution in [3.8, 4) is 0 Å². The number of nitrogens with zero attached hydrogens (tertiary/aromatic N) is 2. The molecule has 0 atom stereocenters. The minimum absolute atomic E-state index is 0.0419. The second kappa shape index (κ2) is 7.34. The minimum atomic E-state index is -0.464. The third-order valence-electron chi connectivity index (χ3n) is 4.28. The van der Waals surface area contributed by atoms with Crippen LogP contribution >= 0.6 is 0 Å². The van der Waals surface area contributed by atoms with Crippen LogP contribution in [0.2, 0.25) is 0 Å². The van der Waals surface area contributed by atoms with Crippen molar-refractivity contribution in [2.24, 2.45) is 0 Å². The number of nitrogens with one attached hydrogen (secondary N) is 2. The largest absolute Gasteiger partial charge is 0.444 e. The molecule has 1 fully saturated rings. The van der Waals surface area contributed by atoms with Crippen molar-refractivity contribution < 1.29 is 9.53 Å². The first kappa shape index (κ1) is 17.8. The second-order valence-corrected chi connectivity index (χ2v) is 7.33. The molecule has 0 aliphatic heterocycles. The Bertz CT molecular complexity index is 513. The monoisotopic (exact) mass is 322 g/mol. The molecular weight excluding hydrogens is 292 g/mol. The average Bonchev–Trinajstić information content (AvgIpc) is 3.11. The Morgan fingerprint density at radius 3 is 2.70 bits per heavy atom. The molecule has 0 saturated heterocycles. The van der Waals surface area contributed by atoms with Gasteiger partial charge in [-0.25, -0.2) is 4.79 Å². The number of ether oxygens (including phenoxy) is 1. The summed E-state index contributed by atoms with van der Waals surface area (Å²) >= 11 is 0. The number of hydrogen-bond acceptors (Lipinski definition) is 4. The predicted octanol–water partition coefficient (Wildman–Crippen LogP) is 2.83. The van der Waals surface area contributed by atoms with Gasteiger partial charge in [-0.2, -0.15) is 5.10 Å². The van der Waals surface area contributed by atoms with Gasteiger partial charge in [0.1, 0.15) is 5.60 Å². The van der Waals surface area contributed by atoms with E-state index in [0.29, 0.717) is 6.54 Å². The lowest BCUT2D eigenvalue weighted by Crippen LogP contribution is -2.52. The molecule has 0 radical (unpaired) electrons. The minimum Gasteiger partial charge on any atom is -0.444 e. The highest BCUT2D eigenvalue weighted by Gasteiger charge is 2.34. The third-order valence-corrected chi connectivity index (χ3v) is 4.28. The first-order valence-electron chi connectivity index (χ1n) is 8.56. The van der Waals surface area contributed by atoms with E-state index in [1.54, 1.807) is 0 Å². The van der Waals surface area contributed by atoms with Crippen LogP contribution < -0.4 is 10.6 Å². The standard InChI is InChI=1S/C17H30N4O2/c1-5-21-14(8-11-20-21)12-19-17(9-6-7-10-17)13-18-15(22)23-16(2,3)4/h8,11,19H,5-7,9-10,12-13H2,1-4H3,(H,18,22). The Hall–Kier alpha value is -1.56. The van der Waals surface area contributed by atoms with Crippen molar-refractivity contribution in [2.45, 2.75) is 77.6 Å². The summed E-state index contributed by atoms with van der Waals surface area (Å²) in [5, 5.41) is 10.9. The zero-order chi connectivity index (χ0) is 16.9. The van der Waals surface area contributed by atoms with E-state index in [1.807, 2.05) is 37.7 Å². The van der Waals surface area contributed by atoms with Crippen LogP contribution in [0.1, 0.15) is 59.1 Å². The molecule has 2 rings (SSSR count). The summed E-state index contributed by atoms with van der Waals surface area (Å²) in [6.45, 7) is 9.96. The molecule has 130 valence electrons. The molecule has 0 bridgehead atoms. The van der Waals surface area contributed by atoms with E-state index in [4.69, 9.17) is 4.74 Å². The van der Waals surface area contributed by atoms with Crippen LogP contribution in [0, 0.1) is 0 Å². The number of hydrogen-bond donors (Lipinski definition) is 2. The number of amides is 1. The van der Waals surface area contributed by atoms with E-state index in [1.165, 1.54) is 18.5 Å². The van der Waals surface area contributed by atoms with Gasteiger partial charge in [0.2, 0.25) is 0 Å². The molecule has 1 heterocycles. The van der Waals surface area contributed by atoms with Crippen molar-refractivity contribution in [2.75, 3.05) is 6.54 Å². The molecule has 1 aliphatic carbocycles. The van der Waals surface area contributed by atoms with Crippen LogP contribution in [-0.2, 0) is 17.8 Å². The molecule has 0 spiro atoms. The number of alkyl carbamates (subject to hydrolysis) is 1. The molecular formula is C17H30N4O2. The number of carbonyl (C=O) groups is 1. The molecule has 1 aromatic heterocycles. The van der Waals surface area contributed by atoms with Gasteiger partial charge in [0.15, 0.2) is 0 Å². The Kier molecular flexibility index (Phi) is 5.68. The molecule has 1 aliphatic rings. The van der Waals surface area contributed by atoms with Crippen molar-refractivity contribution in [1.29, 1.82) is 0 Å². The van der Waals surface area contributed by atoms with Gasteiger partial charge in [-0.05, 0) is 46.6 Å². The van der Waals surface area contributed by atoms with Gasteiger partial charge >= 0.3 is 6.09 Å². The molecule has 23 heavy (non-hydrogen) atoms. The van der Waals surface area contributed by atoms with Crippen LogP contribution in [0.4, 0.5) is 4.79 Å². The molecule has 0 aromatic carbocycles. The topological polar surface area (TPSA) is 68.2 Å². The Balaban J connectivity index is 1.90. The first-order valence-corrected chi connectivity index (χ1v) is 8.56. The number of carbonyl (C=O) groups excluding carboxylic acids is 1. The van der Waals surface area contributed by atoms with E-state index in [-0.39, 0.29) is 11.6 Å². The molecule has 1 saturated carbocycles. The van der Waals surface area contributed by atoms with Crippen LogP contribution in [0.15, 0.2) is 12.3 Å². The van der Waals surface area contributed by atoms with Crippen molar-refractivity contribution in [1.82, 2.24) is 20.4 Å². The maximum atomic E-state index is 11.9. The van der Waals surface area contributed by atoms with Crippen molar-refractivity contribution >= 4 is 6.09 Å². The third kappa shape index (κ3) is 5.23. The van der Waals surface area contributed by atoms with E-state index >= 15 is 0 Å². The fourth-order valence-corrected chi connectivity index (χ4v) is 3.10. The summed E-state index contributed by atoms with van der Waals surface area (Å²) in [5.74, 6) is 0. The van der Waals surface area contributed by atoms with Gasteiger partial charge in [-0.1, -0.05) is 12.8 Å². The van der Waals surface area contributed by atoms with Crippen LogP contribution in [-0.4, -0.2) is 33.6 Å². The second-order valence-electron chi connectivity index (χ2n) is 7.33. The fourth-order valence-electron chi connectivity index (χ4n) is 3.10. The number of rotatable bonds is 6. The van der Waals surface area contributed by atoms with Gasteiger partial charge in [-0.15, -0.1) is 0 Å². The molecule has 2 N–H and O–H groups in total. The maximum absolute atomic E-state index is 11.9. The van der Waals surface area contributed by atoms with Gasteiger partial charge in [-0.3, -0.25) is 4.68 Å². The Morgan fingerprint density at radius 1 is 1.39 bits per heavy atom. The van der Waals surface area contributed by atoms with Gasteiger partial charge in [0.25, 0.3) is 0 Å². The van der Waals surface area contributed by atoms with Crippen LogP contribution in [0.5, 0.6) is 0 Å². The number of aromatic nitrogens is 2. The quantitative estimate of drug-likeness (QED) is 0.845. The first-order chi connectivity index (χ1) is 10.8. The molecule has 0 unspecified atom stereocenters. The molecule has 1 amide bonds. The highest BCUT2D eigenvalue weighted by molar-refractivity contribution is 5.67. The Labute approximate surface area is 139 Å². The Morgan fingerprint density at radius 2 is 2.09 bits per heavy atom. The SMILES string of the molecule is CCn1nccc1CNC1(CNC(=O)OC(C)(C)C)CCCC1. The van der Waals surface area contributed by atoms with Gasteiger partial charge in [0, 0.05) is 31.4 Å². The van der Waals surface area contributed by atoms with Crippen molar-refractivity contribution in [3.63, 3.8) is 0 Å². The zero-order valence-corrected chi connectivity index (χ0v) is 14.8. The highest BCUT2D eigenvalue weighted by Crippen LogP contribution is 2.29. The highest BCUT2D eigenvalue weighted by atomic mass is 16.6.